The molecule has 0 bridgehead atoms. The third kappa shape index (κ3) is 7.52. The van der Waals surface area contributed by atoms with Gasteiger partial charge in [-0.15, -0.1) is 0 Å². The van der Waals surface area contributed by atoms with E-state index >= 15 is 0 Å². The largest absolute Gasteiger partial charge is 0.276 e. The summed E-state index contributed by atoms with van der Waals surface area (Å²) in [6, 6.07) is 7.74. The molecule has 2 N–H and O–H groups in total. The monoisotopic (exact) mass is 304 g/mol. The molecule has 0 heterocycles. The molecule has 1 aromatic rings. The molecule has 0 saturated heterocycles. The first kappa shape index (κ1) is 16.4. The maximum absolute atomic E-state index is 11.4. The topological polar surface area (TPSA) is 58.2 Å². The van der Waals surface area contributed by atoms with Gasteiger partial charge in [0.1, 0.15) is 0 Å². The highest BCUT2D eigenvalue weighted by Gasteiger charge is 2.06. The Kier molecular flexibility index (Phi) is 7.38. The van der Waals surface area contributed by atoms with Crippen molar-refractivity contribution in [1.82, 2.24) is 9.44 Å². The SMILES string of the molecule is CCCNS(=O)(=O)NCCCCc1cccc(Cl)c1. The minimum atomic E-state index is -3.32. The van der Waals surface area contributed by atoms with Gasteiger partial charge in [-0.1, -0.05) is 30.7 Å². The van der Waals surface area contributed by atoms with E-state index in [0.717, 1.165) is 30.7 Å². The lowest BCUT2D eigenvalue weighted by atomic mass is 10.1. The van der Waals surface area contributed by atoms with Gasteiger partial charge in [0.2, 0.25) is 0 Å². The van der Waals surface area contributed by atoms with Gasteiger partial charge in [-0.05, 0) is 43.4 Å². The first-order valence-corrected chi connectivity index (χ1v) is 8.38. The lowest BCUT2D eigenvalue weighted by molar-refractivity contribution is 0.561. The molecule has 1 aromatic carbocycles. The minimum absolute atomic E-state index is 0.458. The summed E-state index contributed by atoms with van der Waals surface area (Å²) in [7, 11) is -3.32. The predicted octanol–water partition coefficient (Wildman–Crippen LogP) is 2.50. The van der Waals surface area contributed by atoms with Gasteiger partial charge in [0.25, 0.3) is 10.2 Å². The highest BCUT2D eigenvalue weighted by molar-refractivity contribution is 7.87. The van der Waals surface area contributed by atoms with Crippen LogP contribution in [-0.2, 0) is 16.6 Å². The molecule has 0 amide bonds. The molecule has 0 aliphatic carbocycles. The van der Waals surface area contributed by atoms with E-state index in [4.69, 9.17) is 11.6 Å². The van der Waals surface area contributed by atoms with Crippen LogP contribution in [0, 0.1) is 0 Å². The van der Waals surface area contributed by atoms with Crippen molar-refractivity contribution in [2.75, 3.05) is 13.1 Å². The lowest BCUT2D eigenvalue weighted by Crippen LogP contribution is -2.37. The molecule has 6 heteroatoms. The summed E-state index contributed by atoms with van der Waals surface area (Å²) >= 11 is 5.89. The van der Waals surface area contributed by atoms with E-state index in [-0.39, 0.29) is 0 Å². The van der Waals surface area contributed by atoms with Crippen molar-refractivity contribution >= 4 is 21.8 Å². The van der Waals surface area contributed by atoms with Gasteiger partial charge < -0.3 is 0 Å². The van der Waals surface area contributed by atoms with Crippen LogP contribution in [0.5, 0.6) is 0 Å². The molecule has 0 radical (unpaired) electrons. The number of hydrogen-bond donors (Lipinski definition) is 2. The molecular formula is C13H21ClN2O2S. The van der Waals surface area contributed by atoms with E-state index in [9.17, 15) is 8.42 Å². The molecule has 0 aromatic heterocycles. The zero-order chi connectivity index (χ0) is 14.1. The van der Waals surface area contributed by atoms with E-state index in [2.05, 4.69) is 9.44 Å². The Hall–Kier alpha value is -0.620. The van der Waals surface area contributed by atoms with Crippen molar-refractivity contribution in [2.45, 2.75) is 32.6 Å². The summed E-state index contributed by atoms with van der Waals surface area (Å²) in [5, 5.41) is 0.738. The van der Waals surface area contributed by atoms with Crippen molar-refractivity contribution in [3.63, 3.8) is 0 Å². The number of halogens is 1. The molecular weight excluding hydrogens is 284 g/mol. The average Bonchev–Trinajstić information content (AvgIpc) is 2.36. The van der Waals surface area contributed by atoms with Crippen molar-refractivity contribution in [3.05, 3.63) is 34.9 Å². The van der Waals surface area contributed by atoms with Crippen molar-refractivity contribution in [2.24, 2.45) is 0 Å². The molecule has 0 aliphatic heterocycles. The second-order valence-electron chi connectivity index (χ2n) is 4.38. The van der Waals surface area contributed by atoms with Crippen LogP contribution in [0.2, 0.25) is 5.02 Å². The summed E-state index contributed by atoms with van der Waals surface area (Å²) in [4.78, 5) is 0. The average molecular weight is 305 g/mol. The van der Waals surface area contributed by atoms with Crippen LogP contribution in [0.1, 0.15) is 31.7 Å². The third-order valence-electron chi connectivity index (χ3n) is 2.62. The summed E-state index contributed by atoms with van der Waals surface area (Å²) in [5.41, 5.74) is 1.18. The molecule has 0 atom stereocenters. The number of benzene rings is 1. The van der Waals surface area contributed by atoms with Crippen molar-refractivity contribution in [3.8, 4) is 0 Å². The molecule has 19 heavy (non-hydrogen) atoms. The van der Waals surface area contributed by atoms with Crippen molar-refractivity contribution < 1.29 is 8.42 Å². The maximum Gasteiger partial charge on any atom is 0.276 e. The Balaban J connectivity index is 2.18. The highest BCUT2D eigenvalue weighted by Crippen LogP contribution is 2.12. The van der Waals surface area contributed by atoms with Crippen LogP contribution >= 0.6 is 11.6 Å². The van der Waals surface area contributed by atoms with E-state index in [1.54, 1.807) is 0 Å². The Bertz CT molecular complexity index is 477. The number of unbranched alkanes of at least 4 members (excludes halogenated alkanes) is 1. The van der Waals surface area contributed by atoms with Crippen LogP contribution in [0.4, 0.5) is 0 Å². The van der Waals surface area contributed by atoms with E-state index < -0.39 is 10.2 Å². The van der Waals surface area contributed by atoms with Gasteiger partial charge in [0.05, 0.1) is 0 Å². The highest BCUT2D eigenvalue weighted by atomic mass is 35.5. The molecule has 4 nitrogen and oxygen atoms in total. The van der Waals surface area contributed by atoms with Gasteiger partial charge in [-0.25, -0.2) is 9.44 Å². The summed E-state index contributed by atoms with van der Waals surface area (Å²) in [5.74, 6) is 0. The van der Waals surface area contributed by atoms with Gasteiger partial charge in [0, 0.05) is 18.1 Å². The first-order chi connectivity index (χ1) is 9.03. The number of rotatable bonds is 9. The van der Waals surface area contributed by atoms with Gasteiger partial charge in [0.15, 0.2) is 0 Å². The van der Waals surface area contributed by atoms with E-state index in [1.807, 2.05) is 31.2 Å². The molecule has 108 valence electrons. The van der Waals surface area contributed by atoms with Gasteiger partial charge >= 0.3 is 0 Å². The second kappa shape index (κ2) is 8.53. The summed E-state index contributed by atoms with van der Waals surface area (Å²) in [6.45, 7) is 2.85. The summed E-state index contributed by atoms with van der Waals surface area (Å²) < 4.78 is 27.9. The number of aryl methyl sites for hydroxylation is 1. The van der Waals surface area contributed by atoms with Crippen LogP contribution in [0.25, 0.3) is 0 Å². The van der Waals surface area contributed by atoms with E-state index in [1.165, 1.54) is 5.56 Å². The summed E-state index contributed by atoms with van der Waals surface area (Å²) in [6.07, 6.45) is 3.43. The van der Waals surface area contributed by atoms with Gasteiger partial charge in [-0.3, -0.25) is 0 Å². The smallest absolute Gasteiger partial charge is 0.202 e. The maximum atomic E-state index is 11.4. The minimum Gasteiger partial charge on any atom is -0.202 e. The van der Waals surface area contributed by atoms with Gasteiger partial charge in [-0.2, -0.15) is 8.42 Å². The normalized spacial score (nSPS) is 11.7. The standard InChI is InChI=1S/C13H21ClN2O2S/c1-2-9-15-19(17,18)16-10-4-3-6-12-7-5-8-13(14)11-12/h5,7-8,11,15-16H,2-4,6,9-10H2,1H3. The molecule has 0 unspecified atom stereocenters. The first-order valence-electron chi connectivity index (χ1n) is 6.52. The zero-order valence-corrected chi connectivity index (χ0v) is 12.7. The Morgan fingerprint density at radius 2 is 1.89 bits per heavy atom. The van der Waals surface area contributed by atoms with Crippen LogP contribution in [0.3, 0.4) is 0 Å². The molecule has 1 rings (SSSR count). The number of hydrogen-bond acceptors (Lipinski definition) is 2. The molecule has 0 fully saturated rings. The fraction of sp³-hybridized carbons (Fsp3) is 0.538. The molecule has 0 saturated carbocycles. The Labute approximate surface area is 120 Å². The molecule has 0 spiro atoms. The van der Waals surface area contributed by atoms with E-state index in [0.29, 0.717) is 13.1 Å². The number of nitrogens with one attached hydrogen (secondary N) is 2. The second-order valence-corrected chi connectivity index (χ2v) is 6.40. The fourth-order valence-corrected chi connectivity index (χ4v) is 2.84. The lowest BCUT2D eigenvalue weighted by Gasteiger charge is -2.07. The quantitative estimate of drug-likeness (QED) is 0.689. The third-order valence-corrected chi connectivity index (χ3v) is 4.02. The van der Waals surface area contributed by atoms with Crippen LogP contribution in [-0.4, -0.2) is 21.5 Å². The molecule has 0 aliphatic rings. The zero-order valence-electron chi connectivity index (χ0n) is 11.2. The fourth-order valence-electron chi connectivity index (χ4n) is 1.64. The van der Waals surface area contributed by atoms with Crippen LogP contribution < -0.4 is 9.44 Å². The predicted molar refractivity (Wildman–Crippen MR) is 79.6 cm³/mol. The Morgan fingerprint density at radius 1 is 1.16 bits per heavy atom. The van der Waals surface area contributed by atoms with Crippen molar-refractivity contribution in [1.29, 1.82) is 0 Å². The Morgan fingerprint density at radius 3 is 2.58 bits per heavy atom. The van der Waals surface area contributed by atoms with Crippen LogP contribution in [0.15, 0.2) is 24.3 Å².